The Labute approximate surface area is 219 Å². The largest absolute Gasteiger partial charge is 0.507 e. The Morgan fingerprint density at radius 1 is 0.622 bits per heavy atom. The van der Waals surface area contributed by atoms with Crippen LogP contribution in [0, 0.1) is 0 Å². The number of phenols is 1. The number of aromatic hydroxyl groups is 1. The molecule has 180 valence electrons. The van der Waals surface area contributed by atoms with Gasteiger partial charge in [-0.3, -0.25) is 4.99 Å². The first kappa shape index (κ1) is 23.4. The van der Waals surface area contributed by atoms with Gasteiger partial charge in [0.25, 0.3) is 0 Å². The van der Waals surface area contributed by atoms with Crippen molar-refractivity contribution in [2.45, 2.75) is 11.8 Å². The van der Waals surface area contributed by atoms with Crippen molar-refractivity contribution in [1.82, 2.24) is 0 Å². The number of nitrogens with zero attached hydrogens (tertiary/aromatic N) is 1. The fourth-order valence-corrected chi connectivity index (χ4v) is 8.38. The summed E-state index contributed by atoms with van der Waals surface area (Å²) >= 11 is 0. The minimum absolute atomic E-state index is 0.336. The zero-order chi connectivity index (χ0) is 25.1. The molecule has 0 spiro atoms. The van der Waals surface area contributed by atoms with E-state index in [0.717, 1.165) is 40.4 Å². The minimum Gasteiger partial charge on any atom is -0.507 e. The van der Waals surface area contributed by atoms with Crippen LogP contribution in [0.2, 0.25) is 0 Å². The van der Waals surface area contributed by atoms with Gasteiger partial charge in [-0.05, 0) is 49.1 Å². The van der Waals surface area contributed by atoms with Gasteiger partial charge in [-0.25, -0.2) is 0 Å². The van der Waals surface area contributed by atoms with Crippen LogP contribution in [0.15, 0.2) is 145 Å². The van der Waals surface area contributed by atoms with E-state index in [9.17, 15) is 5.11 Å². The van der Waals surface area contributed by atoms with Crippen LogP contribution >= 0.6 is 7.92 Å². The molecule has 0 radical (unpaired) electrons. The summed E-state index contributed by atoms with van der Waals surface area (Å²) in [5.41, 5.74) is 5.52. The third-order valence-electron chi connectivity index (χ3n) is 7.25. The fraction of sp³-hybridized carbons (Fsp3) is 0.0882. The van der Waals surface area contributed by atoms with Gasteiger partial charge in [0.15, 0.2) is 0 Å². The highest BCUT2D eigenvalue weighted by Gasteiger charge is 2.50. The summed E-state index contributed by atoms with van der Waals surface area (Å²) in [6, 6.07) is 48.0. The average molecular weight is 498 g/mol. The molecule has 1 aliphatic heterocycles. The van der Waals surface area contributed by atoms with E-state index in [1.807, 2.05) is 42.5 Å². The summed E-state index contributed by atoms with van der Waals surface area (Å²) in [5.74, 6) is 0.336. The van der Waals surface area contributed by atoms with Crippen molar-refractivity contribution in [3.63, 3.8) is 0 Å². The van der Waals surface area contributed by atoms with Crippen molar-refractivity contribution in [3.8, 4) is 16.9 Å². The van der Waals surface area contributed by atoms with Gasteiger partial charge in [0.1, 0.15) is 5.75 Å². The van der Waals surface area contributed by atoms with Crippen LogP contribution in [0.3, 0.4) is 0 Å². The summed E-state index contributed by atoms with van der Waals surface area (Å²) in [4.78, 5) is 5.40. The van der Waals surface area contributed by atoms with Crippen molar-refractivity contribution in [3.05, 3.63) is 151 Å². The quantitative estimate of drug-likeness (QED) is 0.244. The van der Waals surface area contributed by atoms with Crippen molar-refractivity contribution < 1.29 is 5.11 Å². The second-order valence-electron chi connectivity index (χ2n) is 9.35. The van der Waals surface area contributed by atoms with E-state index < -0.39 is 13.3 Å². The van der Waals surface area contributed by atoms with E-state index >= 15 is 0 Å². The van der Waals surface area contributed by atoms with Crippen molar-refractivity contribution >= 4 is 24.4 Å². The minimum atomic E-state index is -0.700. The monoisotopic (exact) mass is 497 g/mol. The van der Waals surface area contributed by atoms with E-state index in [4.69, 9.17) is 4.99 Å². The second kappa shape index (κ2) is 10.2. The lowest BCUT2D eigenvalue weighted by Gasteiger charge is -2.33. The molecule has 6 rings (SSSR count). The molecule has 0 aromatic heterocycles. The van der Waals surface area contributed by atoms with E-state index in [2.05, 4.69) is 97.1 Å². The molecule has 0 amide bonds. The van der Waals surface area contributed by atoms with Crippen LogP contribution in [0.1, 0.15) is 17.5 Å². The predicted molar refractivity (Wildman–Crippen MR) is 157 cm³/mol. The topological polar surface area (TPSA) is 32.6 Å². The van der Waals surface area contributed by atoms with Crippen molar-refractivity contribution in [2.24, 2.45) is 4.99 Å². The zero-order valence-corrected chi connectivity index (χ0v) is 21.4. The van der Waals surface area contributed by atoms with Gasteiger partial charge in [-0.1, -0.05) is 127 Å². The molecule has 5 aromatic rings. The molecular weight excluding hydrogens is 469 g/mol. The number of benzene rings is 5. The van der Waals surface area contributed by atoms with E-state index in [1.54, 1.807) is 0 Å². The molecular formula is C34H28NOP. The maximum atomic E-state index is 11.9. The standard InChI is InChI=1S/C34H28NOP/c36-32-30(26-14-5-1-6-15-26)22-13-23-31(32)34(27-16-7-2-8-17-27)24-25-37(29-20-11-4-12-21-29)33(34)35-28-18-9-3-10-19-28/h1-23,36H,24-25H2. The molecule has 5 aromatic carbocycles. The van der Waals surface area contributed by atoms with E-state index in [0.29, 0.717) is 5.75 Å². The van der Waals surface area contributed by atoms with Gasteiger partial charge in [0.05, 0.1) is 16.6 Å². The lowest BCUT2D eigenvalue weighted by atomic mass is 9.72. The molecule has 0 saturated carbocycles. The number of hydrogen-bond acceptors (Lipinski definition) is 2. The molecule has 1 N–H and O–H groups in total. The maximum absolute atomic E-state index is 11.9. The Balaban J connectivity index is 1.64. The predicted octanol–water partition coefficient (Wildman–Crippen LogP) is 8.29. The highest BCUT2D eigenvalue weighted by Crippen LogP contribution is 2.60. The first-order valence-corrected chi connectivity index (χ1v) is 14.2. The molecule has 2 atom stereocenters. The summed E-state index contributed by atoms with van der Waals surface area (Å²) in [6.07, 6.45) is 1.89. The summed E-state index contributed by atoms with van der Waals surface area (Å²) in [7, 11) is -0.700. The van der Waals surface area contributed by atoms with Crippen LogP contribution in [0.25, 0.3) is 11.1 Å². The lowest BCUT2D eigenvalue weighted by molar-refractivity contribution is 0.460. The molecule has 1 saturated heterocycles. The first-order valence-electron chi connectivity index (χ1n) is 12.7. The number of hydrogen-bond donors (Lipinski definition) is 1. The highest BCUT2D eigenvalue weighted by atomic mass is 31.1. The molecule has 37 heavy (non-hydrogen) atoms. The Morgan fingerprint density at radius 2 is 1.22 bits per heavy atom. The van der Waals surface area contributed by atoms with Gasteiger partial charge in [0.2, 0.25) is 0 Å². The SMILES string of the molecule is Oc1c(-c2ccccc2)cccc1C1(c2ccccc2)CCP(c2ccccc2)C1=Nc1ccccc1. The Kier molecular flexibility index (Phi) is 6.43. The number of phenolic OH excluding ortho intramolecular Hbond substituents is 1. The zero-order valence-electron chi connectivity index (χ0n) is 20.5. The van der Waals surface area contributed by atoms with E-state index in [-0.39, 0.29) is 0 Å². The molecule has 1 aliphatic rings. The van der Waals surface area contributed by atoms with Gasteiger partial charge >= 0.3 is 0 Å². The van der Waals surface area contributed by atoms with Gasteiger partial charge < -0.3 is 5.11 Å². The molecule has 2 nitrogen and oxygen atoms in total. The second-order valence-corrected chi connectivity index (χ2v) is 11.6. The van der Waals surface area contributed by atoms with Crippen LogP contribution in [0.5, 0.6) is 5.75 Å². The van der Waals surface area contributed by atoms with Crippen molar-refractivity contribution in [1.29, 1.82) is 0 Å². The van der Waals surface area contributed by atoms with Crippen LogP contribution in [-0.2, 0) is 5.41 Å². The third-order valence-corrected chi connectivity index (χ3v) is 9.84. The van der Waals surface area contributed by atoms with Crippen LogP contribution < -0.4 is 5.30 Å². The van der Waals surface area contributed by atoms with Crippen LogP contribution in [0.4, 0.5) is 5.69 Å². The molecule has 3 heteroatoms. The lowest BCUT2D eigenvalue weighted by Crippen LogP contribution is -2.33. The first-order chi connectivity index (χ1) is 18.3. The summed E-state index contributed by atoms with van der Waals surface area (Å²) in [6.45, 7) is 0. The third kappa shape index (κ3) is 4.28. The smallest absolute Gasteiger partial charge is 0.127 e. The van der Waals surface area contributed by atoms with Gasteiger partial charge in [0, 0.05) is 11.1 Å². The van der Waals surface area contributed by atoms with Gasteiger partial charge in [-0.2, -0.15) is 0 Å². The Bertz CT molecular complexity index is 1520. The summed E-state index contributed by atoms with van der Waals surface area (Å²) < 4.78 is 0. The molecule has 2 unspecified atom stereocenters. The number of rotatable bonds is 5. The van der Waals surface area contributed by atoms with Crippen LogP contribution in [-0.4, -0.2) is 16.7 Å². The van der Waals surface area contributed by atoms with Crippen molar-refractivity contribution in [2.75, 3.05) is 6.16 Å². The number of aliphatic imine (C=N–C) groups is 1. The maximum Gasteiger partial charge on any atom is 0.127 e. The number of para-hydroxylation sites is 2. The molecule has 1 heterocycles. The Hall–Kier alpha value is -4.00. The average Bonchev–Trinajstić information content (AvgIpc) is 3.34. The normalized spacial score (nSPS) is 20.2. The molecule has 0 aliphatic carbocycles. The Morgan fingerprint density at radius 3 is 1.89 bits per heavy atom. The summed E-state index contributed by atoms with van der Waals surface area (Å²) in [5, 5.41) is 13.2. The fourth-order valence-electron chi connectivity index (χ4n) is 5.51. The van der Waals surface area contributed by atoms with Gasteiger partial charge in [-0.15, -0.1) is 0 Å². The highest BCUT2D eigenvalue weighted by molar-refractivity contribution is 7.82. The van der Waals surface area contributed by atoms with E-state index in [1.165, 1.54) is 10.9 Å². The molecule has 0 bridgehead atoms. The molecule has 1 fully saturated rings.